The normalized spacial score (nSPS) is 12.7. The van der Waals surface area contributed by atoms with E-state index in [-0.39, 0.29) is 11.6 Å². The topological polar surface area (TPSA) is 29.5 Å². The third kappa shape index (κ3) is 3.05. The zero-order valence-corrected chi connectivity index (χ0v) is 14.0. The van der Waals surface area contributed by atoms with Gasteiger partial charge < -0.3 is 9.53 Å². The summed E-state index contributed by atoms with van der Waals surface area (Å²) in [6.07, 6.45) is 0. The Kier molecular flexibility index (Phi) is 3.94. The van der Waals surface area contributed by atoms with Crippen LogP contribution in [0.3, 0.4) is 0 Å². The van der Waals surface area contributed by atoms with Crippen molar-refractivity contribution < 1.29 is 9.53 Å². The Hall–Kier alpha value is -1.32. The highest BCUT2D eigenvalue weighted by molar-refractivity contribution is 6.74. The largest absolute Gasteiger partial charge is 0.543 e. The van der Waals surface area contributed by atoms with Crippen molar-refractivity contribution in [1.29, 1.82) is 0 Å². The van der Waals surface area contributed by atoms with E-state index in [9.17, 15) is 5.11 Å². The molecule has 0 aliphatic heterocycles. The summed E-state index contributed by atoms with van der Waals surface area (Å²) in [5.41, 5.74) is 0.940. The molecule has 1 N–H and O–H groups in total. The number of benzene rings is 2. The van der Waals surface area contributed by atoms with Crippen LogP contribution in [0, 0.1) is 0 Å². The fourth-order valence-corrected chi connectivity index (χ4v) is 2.91. The molecule has 108 valence electrons. The summed E-state index contributed by atoms with van der Waals surface area (Å²) in [4.78, 5) is 0. The Balaban J connectivity index is 2.33. The van der Waals surface area contributed by atoms with Crippen LogP contribution in [0.5, 0.6) is 5.75 Å². The van der Waals surface area contributed by atoms with Crippen molar-refractivity contribution in [3.63, 3.8) is 0 Å². The molecule has 0 heterocycles. The highest BCUT2D eigenvalue weighted by atomic mass is 28.4. The first-order chi connectivity index (χ1) is 9.23. The molecule has 3 heteroatoms. The predicted molar refractivity (Wildman–Crippen MR) is 87.7 cm³/mol. The van der Waals surface area contributed by atoms with Gasteiger partial charge in [-0.25, -0.2) is 0 Å². The van der Waals surface area contributed by atoms with E-state index < -0.39 is 8.32 Å². The van der Waals surface area contributed by atoms with E-state index in [0.29, 0.717) is 0 Å². The standard InChI is InChI=1S/C17H24O2Si/c1-17(2,3)20(4,5)19-16-9-8-14-10-13(12-18)6-7-15(14)11-16/h6-11,18H,12H2,1-5H3. The lowest BCUT2D eigenvalue weighted by molar-refractivity contribution is 0.282. The number of fused-ring (bicyclic) bond motifs is 1. The molecule has 2 aromatic carbocycles. The van der Waals surface area contributed by atoms with Crippen molar-refractivity contribution in [1.82, 2.24) is 0 Å². The molecule has 0 aliphatic rings. The molecular weight excluding hydrogens is 264 g/mol. The van der Waals surface area contributed by atoms with E-state index in [0.717, 1.165) is 22.1 Å². The number of aliphatic hydroxyl groups excluding tert-OH is 1. The molecule has 2 rings (SSSR count). The van der Waals surface area contributed by atoms with Crippen LogP contribution in [-0.4, -0.2) is 13.4 Å². The van der Waals surface area contributed by atoms with Crippen LogP contribution in [0.25, 0.3) is 10.8 Å². The van der Waals surface area contributed by atoms with Gasteiger partial charge in [-0.05, 0) is 52.7 Å². The second kappa shape index (κ2) is 5.22. The first-order valence-corrected chi connectivity index (χ1v) is 9.96. The summed E-state index contributed by atoms with van der Waals surface area (Å²) in [5.74, 6) is 0.945. The zero-order chi connectivity index (χ0) is 15.0. The molecule has 2 nitrogen and oxygen atoms in total. The van der Waals surface area contributed by atoms with Gasteiger partial charge in [-0.2, -0.15) is 0 Å². The molecule has 0 saturated heterocycles. The SMILES string of the molecule is CC(C)(C)[Si](C)(C)Oc1ccc2cc(CO)ccc2c1. The first-order valence-electron chi connectivity index (χ1n) is 7.05. The summed E-state index contributed by atoms with van der Waals surface area (Å²) in [6, 6.07) is 12.2. The molecule has 0 aliphatic carbocycles. The van der Waals surface area contributed by atoms with E-state index >= 15 is 0 Å². The van der Waals surface area contributed by atoms with Crippen LogP contribution < -0.4 is 4.43 Å². The highest BCUT2D eigenvalue weighted by Crippen LogP contribution is 2.37. The summed E-state index contributed by atoms with van der Waals surface area (Å²) >= 11 is 0. The van der Waals surface area contributed by atoms with Gasteiger partial charge in [0.1, 0.15) is 5.75 Å². The zero-order valence-electron chi connectivity index (χ0n) is 13.0. The molecule has 0 aromatic heterocycles. The number of hydrogen-bond acceptors (Lipinski definition) is 2. The molecule has 0 atom stereocenters. The van der Waals surface area contributed by atoms with Crippen LogP contribution >= 0.6 is 0 Å². The number of rotatable bonds is 3. The molecule has 0 amide bonds. The Morgan fingerprint density at radius 3 is 2.20 bits per heavy atom. The minimum atomic E-state index is -1.79. The Bertz CT molecular complexity index is 612. The van der Waals surface area contributed by atoms with E-state index in [4.69, 9.17) is 4.43 Å². The molecule has 0 fully saturated rings. The lowest BCUT2D eigenvalue weighted by atomic mass is 10.1. The van der Waals surface area contributed by atoms with E-state index in [1.165, 1.54) is 0 Å². The molecule has 2 aromatic rings. The highest BCUT2D eigenvalue weighted by Gasteiger charge is 2.38. The Labute approximate surface area is 122 Å². The van der Waals surface area contributed by atoms with E-state index in [1.807, 2.05) is 24.3 Å². The monoisotopic (exact) mass is 288 g/mol. The lowest BCUT2D eigenvalue weighted by Crippen LogP contribution is -2.43. The van der Waals surface area contributed by atoms with Gasteiger partial charge in [-0.15, -0.1) is 0 Å². The van der Waals surface area contributed by atoms with Crippen LogP contribution in [0.4, 0.5) is 0 Å². The number of hydrogen-bond donors (Lipinski definition) is 1. The van der Waals surface area contributed by atoms with Gasteiger partial charge in [0.25, 0.3) is 0 Å². The molecule has 0 unspecified atom stereocenters. The van der Waals surface area contributed by atoms with E-state index in [2.05, 4.69) is 46.0 Å². The Morgan fingerprint density at radius 2 is 1.60 bits per heavy atom. The molecule has 20 heavy (non-hydrogen) atoms. The van der Waals surface area contributed by atoms with Gasteiger partial charge in [-0.3, -0.25) is 0 Å². The Morgan fingerprint density at radius 1 is 1.00 bits per heavy atom. The van der Waals surface area contributed by atoms with Crippen molar-refractivity contribution in [2.24, 2.45) is 0 Å². The third-order valence-electron chi connectivity index (χ3n) is 4.24. The van der Waals surface area contributed by atoms with Crippen molar-refractivity contribution in [3.8, 4) is 5.75 Å². The molecular formula is C17H24O2Si. The lowest BCUT2D eigenvalue weighted by Gasteiger charge is -2.36. The van der Waals surface area contributed by atoms with Gasteiger partial charge >= 0.3 is 0 Å². The molecule has 0 radical (unpaired) electrons. The van der Waals surface area contributed by atoms with Gasteiger partial charge in [0.05, 0.1) is 6.61 Å². The smallest absolute Gasteiger partial charge is 0.250 e. The van der Waals surface area contributed by atoms with Crippen molar-refractivity contribution in [3.05, 3.63) is 42.0 Å². The van der Waals surface area contributed by atoms with Crippen LogP contribution in [0.2, 0.25) is 18.1 Å². The van der Waals surface area contributed by atoms with E-state index in [1.54, 1.807) is 0 Å². The van der Waals surface area contributed by atoms with Crippen molar-refractivity contribution >= 4 is 19.1 Å². The van der Waals surface area contributed by atoms with Gasteiger partial charge in [0, 0.05) is 0 Å². The summed E-state index contributed by atoms with van der Waals surface area (Å²) in [6.45, 7) is 11.3. The summed E-state index contributed by atoms with van der Waals surface area (Å²) < 4.78 is 6.32. The summed E-state index contributed by atoms with van der Waals surface area (Å²) in [5, 5.41) is 11.7. The molecule has 0 saturated carbocycles. The van der Waals surface area contributed by atoms with Gasteiger partial charge in [-0.1, -0.05) is 39.0 Å². The average Bonchev–Trinajstić information content (AvgIpc) is 2.36. The maximum Gasteiger partial charge on any atom is 0.250 e. The van der Waals surface area contributed by atoms with Crippen LogP contribution in [-0.2, 0) is 6.61 Å². The number of aliphatic hydroxyl groups is 1. The maximum atomic E-state index is 9.17. The van der Waals surface area contributed by atoms with Crippen LogP contribution in [0.1, 0.15) is 26.3 Å². The maximum absolute atomic E-state index is 9.17. The average molecular weight is 288 g/mol. The predicted octanol–water partition coefficient (Wildman–Crippen LogP) is 4.72. The second-order valence-corrected chi connectivity index (χ2v) is 11.6. The van der Waals surface area contributed by atoms with Crippen LogP contribution in [0.15, 0.2) is 36.4 Å². The second-order valence-electron chi connectivity index (χ2n) is 6.86. The quantitative estimate of drug-likeness (QED) is 0.828. The minimum absolute atomic E-state index is 0.0815. The van der Waals surface area contributed by atoms with Gasteiger partial charge in [0.2, 0.25) is 8.32 Å². The summed E-state index contributed by atoms with van der Waals surface area (Å²) in [7, 11) is -1.79. The first kappa shape index (κ1) is 15.1. The van der Waals surface area contributed by atoms with Gasteiger partial charge in [0.15, 0.2) is 0 Å². The third-order valence-corrected chi connectivity index (χ3v) is 8.60. The molecule has 0 bridgehead atoms. The van der Waals surface area contributed by atoms with Crippen molar-refractivity contribution in [2.45, 2.75) is 45.5 Å². The fraction of sp³-hybridized carbons (Fsp3) is 0.412. The molecule has 0 spiro atoms. The van der Waals surface area contributed by atoms with Crippen molar-refractivity contribution in [2.75, 3.05) is 0 Å². The minimum Gasteiger partial charge on any atom is -0.543 e. The fourth-order valence-electron chi connectivity index (χ4n) is 1.88.